The summed E-state index contributed by atoms with van der Waals surface area (Å²) < 4.78 is 17.3. The highest BCUT2D eigenvalue weighted by atomic mass is 32.1. The molecule has 7 nitrogen and oxygen atoms in total. The number of aromatic nitrogens is 2. The second-order valence-electron chi connectivity index (χ2n) is 7.30. The largest absolute Gasteiger partial charge is 0.494 e. The van der Waals surface area contributed by atoms with Crippen LogP contribution in [0, 0.1) is 6.92 Å². The topological polar surface area (TPSA) is 97.6 Å². The van der Waals surface area contributed by atoms with E-state index in [1.54, 1.807) is 7.11 Å². The molecule has 0 unspecified atom stereocenters. The number of nitrogens with one attached hydrogen (secondary N) is 1. The molecule has 0 saturated heterocycles. The Kier molecular flexibility index (Phi) is 6.61. The summed E-state index contributed by atoms with van der Waals surface area (Å²) in [4.78, 5) is 18.7. The van der Waals surface area contributed by atoms with Crippen molar-refractivity contribution >= 4 is 11.3 Å². The zero-order chi connectivity index (χ0) is 22.5. The van der Waals surface area contributed by atoms with E-state index in [-0.39, 0.29) is 17.4 Å². The summed E-state index contributed by atoms with van der Waals surface area (Å²) in [5.41, 5.74) is 2.74. The van der Waals surface area contributed by atoms with Crippen LogP contribution in [0.15, 0.2) is 57.7 Å². The highest BCUT2D eigenvalue weighted by Gasteiger charge is 2.14. The van der Waals surface area contributed by atoms with E-state index < -0.39 is 0 Å². The van der Waals surface area contributed by atoms with Crippen molar-refractivity contribution in [2.75, 3.05) is 7.11 Å². The monoisotopic (exact) mass is 452 g/mol. The van der Waals surface area contributed by atoms with E-state index in [0.29, 0.717) is 28.7 Å². The number of aromatic amines is 1. The highest BCUT2D eigenvalue weighted by molar-refractivity contribution is 7.09. The maximum absolute atomic E-state index is 11.3. The number of oxazole rings is 1. The van der Waals surface area contributed by atoms with E-state index in [4.69, 9.17) is 13.9 Å². The number of ether oxygens (including phenoxy) is 2. The lowest BCUT2D eigenvalue weighted by molar-refractivity contribution is 0.279. The Balaban J connectivity index is 1.38. The maximum Gasteiger partial charge on any atom is 0.307 e. The number of H-pyrrole nitrogens is 1. The molecule has 0 radical (unpaired) electrons. The van der Waals surface area contributed by atoms with Crippen LogP contribution in [0.25, 0.3) is 11.5 Å². The number of hydrogen-bond donors (Lipinski definition) is 2. The summed E-state index contributed by atoms with van der Waals surface area (Å²) in [6.07, 6.45) is 2.21. The Bertz CT molecular complexity index is 1240. The Morgan fingerprint density at radius 3 is 2.66 bits per heavy atom. The van der Waals surface area contributed by atoms with Gasteiger partial charge in [0.25, 0.3) is 0 Å². The first-order chi connectivity index (χ1) is 15.5. The summed E-state index contributed by atoms with van der Waals surface area (Å²) in [5.74, 6) is 2.53. The average molecular weight is 453 g/mol. The standard InChI is InChI=1S/C24H24N2O5S/c1-15-18(25-23(31-15)17-8-4-3-5-9-17)14-30-19-12-11-16(13-20(19)29-2)7-6-10-21-22(27)26-24(28)32-21/h3-5,8-9,11-13,27H,6-7,10,14H2,1-2H3,(H,26,28). The van der Waals surface area contributed by atoms with Gasteiger partial charge in [-0.2, -0.15) is 0 Å². The predicted molar refractivity (Wildman–Crippen MR) is 123 cm³/mol. The first kappa shape index (κ1) is 21.7. The fraction of sp³-hybridized carbons (Fsp3) is 0.250. The van der Waals surface area contributed by atoms with Crippen LogP contribution in [0.5, 0.6) is 17.4 Å². The number of methoxy groups -OCH3 is 1. The molecule has 0 fully saturated rings. The van der Waals surface area contributed by atoms with E-state index in [1.165, 1.54) is 0 Å². The number of aryl methyl sites for hydroxylation is 3. The van der Waals surface area contributed by atoms with E-state index in [9.17, 15) is 9.90 Å². The normalized spacial score (nSPS) is 10.9. The van der Waals surface area contributed by atoms with Crippen molar-refractivity contribution < 1.29 is 19.0 Å². The van der Waals surface area contributed by atoms with Crippen LogP contribution in [-0.2, 0) is 19.4 Å². The molecule has 0 bridgehead atoms. The summed E-state index contributed by atoms with van der Waals surface area (Å²) in [5, 5.41) is 9.69. The van der Waals surface area contributed by atoms with Crippen molar-refractivity contribution in [3.8, 4) is 28.8 Å². The number of rotatable bonds is 9. The molecule has 4 aromatic rings. The third kappa shape index (κ3) is 5.03. The number of thiazole rings is 1. The highest BCUT2D eigenvalue weighted by Crippen LogP contribution is 2.30. The Hall–Kier alpha value is -3.52. The number of hydrogen-bond acceptors (Lipinski definition) is 7. The van der Waals surface area contributed by atoms with Crippen LogP contribution in [0.2, 0.25) is 0 Å². The Morgan fingerprint density at radius 2 is 1.94 bits per heavy atom. The van der Waals surface area contributed by atoms with Gasteiger partial charge in [-0.25, -0.2) is 4.98 Å². The Morgan fingerprint density at radius 1 is 1.12 bits per heavy atom. The second-order valence-corrected chi connectivity index (χ2v) is 8.37. The second kappa shape index (κ2) is 9.74. The van der Waals surface area contributed by atoms with Crippen LogP contribution in [-0.4, -0.2) is 22.2 Å². The molecule has 166 valence electrons. The first-order valence-electron chi connectivity index (χ1n) is 10.3. The SMILES string of the molecule is COc1cc(CCCc2sc(=O)[nH]c2O)ccc1OCc1nc(-c2ccccc2)oc1C. The van der Waals surface area contributed by atoms with Gasteiger partial charge in [-0.15, -0.1) is 0 Å². The van der Waals surface area contributed by atoms with Gasteiger partial charge in [0.2, 0.25) is 11.8 Å². The van der Waals surface area contributed by atoms with Crippen LogP contribution < -0.4 is 14.3 Å². The van der Waals surface area contributed by atoms with Gasteiger partial charge in [0.15, 0.2) is 11.5 Å². The molecule has 0 saturated carbocycles. The van der Waals surface area contributed by atoms with Crippen molar-refractivity contribution in [2.24, 2.45) is 0 Å². The quantitative estimate of drug-likeness (QED) is 0.376. The zero-order valence-electron chi connectivity index (χ0n) is 17.9. The molecule has 2 aromatic heterocycles. The molecule has 0 spiro atoms. The number of benzene rings is 2. The van der Waals surface area contributed by atoms with Crippen LogP contribution in [0.3, 0.4) is 0 Å². The zero-order valence-corrected chi connectivity index (χ0v) is 18.7. The molecule has 0 atom stereocenters. The summed E-state index contributed by atoms with van der Waals surface area (Å²) in [7, 11) is 1.61. The third-order valence-corrected chi connectivity index (χ3v) is 6.01. The van der Waals surface area contributed by atoms with Gasteiger partial charge in [0.05, 0.1) is 12.0 Å². The summed E-state index contributed by atoms with van der Waals surface area (Å²) >= 11 is 1.05. The fourth-order valence-corrected chi connectivity index (χ4v) is 4.14. The van der Waals surface area contributed by atoms with E-state index in [1.807, 2.05) is 55.5 Å². The summed E-state index contributed by atoms with van der Waals surface area (Å²) in [6, 6.07) is 15.6. The molecule has 0 aliphatic carbocycles. The fourth-order valence-electron chi connectivity index (χ4n) is 3.37. The lowest BCUT2D eigenvalue weighted by Gasteiger charge is -2.11. The van der Waals surface area contributed by atoms with Crippen LogP contribution in [0.1, 0.15) is 28.3 Å². The van der Waals surface area contributed by atoms with Crippen molar-refractivity contribution in [1.82, 2.24) is 9.97 Å². The van der Waals surface area contributed by atoms with Gasteiger partial charge in [0.1, 0.15) is 18.1 Å². The van der Waals surface area contributed by atoms with Crippen LogP contribution >= 0.6 is 11.3 Å². The van der Waals surface area contributed by atoms with Crippen molar-refractivity contribution in [3.05, 3.63) is 80.1 Å². The molecular weight excluding hydrogens is 428 g/mol. The smallest absolute Gasteiger partial charge is 0.307 e. The lowest BCUT2D eigenvalue weighted by atomic mass is 10.1. The molecule has 0 aliphatic rings. The molecule has 2 N–H and O–H groups in total. The summed E-state index contributed by atoms with van der Waals surface area (Å²) in [6.45, 7) is 2.14. The van der Waals surface area contributed by atoms with Gasteiger partial charge in [0, 0.05) is 5.56 Å². The lowest BCUT2D eigenvalue weighted by Crippen LogP contribution is -2.00. The molecule has 0 aliphatic heterocycles. The molecule has 2 aromatic carbocycles. The van der Waals surface area contributed by atoms with Gasteiger partial charge < -0.3 is 19.0 Å². The molecule has 2 heterocycles. The molecule has 32 heavy (non-hydrogen) atoms. The van der Waals surface area contributed by atoms with Gasteiger partial charge >= 0.3 is 4.87 Å². The minimum Gasteiger partial charge on any atom is -0.494 e. The van der Waals surface area contributed by atoms with Gasteiger partial charge in [-0.3, -0.25) is 9.78 Å². The van der Waals surface area contributed by atoms with Crippen molar-refractivity contribution in [1.29, 1.82) is 0 Å². The molecule has 4 rings (SSSR count). The third-order valence-electron chi connectivity index (χ3n) is 5.08. The van der Waals surface area contributed by atoms with Crippen molar-refractivity contribution in [2.45, 2.75) is 32.8 Å². The van der Waals surface area contributed by atoms with Gasteiger partial charge in [-0.1, -0.05) is 35.6 Å². The predicted octanol–water partition coefficient (Wildman–Crippen LogP) is 4.87. The van der Waals surface area contributed by atoms with Crippen molar-refractivity contribution in [3.63, 3.8) is 0 Å². The molecule has 8 heteroatoms. The first-order valence-corrected chi connectivity index (χ1v) is 11.1. The number of nitrogens with zero attached hydrogens (tertiary/aromatic N) is 1. The minimum absolute atomic E-state index is 0.0279. The van der Waals surface area contributed by atoms with E-state index >= 15 is 0 Å². The van der Waals surface area contributed by atoms with Crippen LogP contribution in [0.4, 0.5) is 0 Å². The van der Waals surface area contributed by atoms with Gasteiger partial charge in [-0.05, 0) is 56.0 Å². The average Bonchev–Trinajstić information content (AvgIpc) is 3.33. The number of aromatic hydroxyl groups is 1. The maximum atomic E-state index is 11.3. The van der Waals surface area contributed by atoms with E-state index in [0.717, 1.165) is 46.8 Å². The molecular formula is C24H24N2O5S. The minimum atomic E-state index is -0.237. The van der Waals surface area contributed by atoms with E-state index in [2.05, 4.69) is 9.97 Å². The Labute approximate surface area is 189 Å². The molecule has 0 amide bonds.